The number of aromatic nitrogens is 1. The molecule has 0 radical (unpaired) electrons. The number of carbonyl (C=O) groups excluding carboxylic acids is 2. The largest absolute Gasteiger partial charge is 0.452 e. The summed E-state index contributed by atoms with van der Waals surface area (Å²) >= 11 is 0. The van der Waals surface area contributed by atoms with Gasteiger partial charge in [-0.2, -0.15) is 0 Å². The summed E-state index contributed by atoms with van der Waals surface area (Å²) in [5.41, 5.74) is 4.94. The molecular formula is C30H32N2O5S. The van der Waals surface area contributed by atoms with Gasteiger partial charge in [0.15, 0.2) is 16.4 Å². The van der Waals surface area contributed by atoms with E-state index in [-0.39, 0.29) is 23.5 Å². The van der Waals surface area contributed by atoms with Crippen LogP contribution in [0, 0.1) is 5.92 Å². The van der Waals surface area contributed by atoms with Crippen molar-refractivity contribution in [1.82, 2.24) is 9.88 Å². The van der Waals surface area contributed by atoms with E-state index in [9.17, 15) is 18.0 Å². The highest BCUT2D eigenvalue weighted by atomic mass is 32.2. The number of pyridine rings is 1. The second-order valence-electron chi connectivity index (χ2n) is 10.2. The maximum Gasteiger partial charge on any atom is 0.339 e. The molecule has 1 amide bonds. The number of likely N-dealkylation sites (N-methyl/N-ethyl adjacent to an activating group) is 1. The van der Waals surface area contributed by atoms with E-state index in [1.807, 2.05) is 54.6 Å². The molecule has 1 aliphatic heterocycles. The number of esters is 1. The van der Waals surface area contributed by atoms with Crippen molar-refractivity contribution in [3.05, 3.63) is 77.0 Å². The van der Waals surface area contributed by atoms with Crippen molar-refractivity contribution < 1.29 is 22.7 Å². The van der Waals surface area contributed by atoms with Gasteiger partial charge < -0.3 is 9.64 Å². The molecule has 7 nitrogen and oxygen atoms in total. The fourth-order valence-corrected chi connectivity index (χ4v) is 7.39. The van der Waals surface area contributed by atoms with E-state index in [4.69, 9.17) is 9.72 Å². The molecule has 1 fully saturated rings. The van der Waals surface area contributed by atoms with Gasteiger partial charge in [-0.1, -0.05) is 55.5 Å². The molecule has 2 heterocycles. The number of hydrogen-bond acceptors (Lipinski definition) is 6. The molecule has 8 heteroatoms. The molecule has 0 N–H and O–H groups in total. The summed E-state index contributed by atoms with van der Waals surface area (Å²) in [6, 6.07) is 17.2. The maximum atomic E-state index is 13.6. The highest BCUT2D eigenvalue weighted by Crippen LogP contribution is 2.38. The molecule has 1 aliphatic carbocycles. The Balaban J connectivity index is 1.47. The maximum absolute atomic E-state index is 13.6. The van der Waals surface area contributed by atoms with E-state index in [1.54, 1.807) is 6.92 Å². The summed E-state index contributed by atoms with van der Waals surface area (Å²) in [6.07, 6.45) is 4.06. The Hall–Kier alpha value is -3.52. The molecule has 2 atom stereocenters. The average molecular weight is 533 g/mol. The second kappa shape index (κ2) is 10.7. The van der Waals surface area contributed by atoms with Crippen molar-refractivity contribution in [1.29, 1.82) is 0 Å². The summed E-state index contributed by atoms with van der Waals surface area (Å²) in [7, 11) is -3.14. The molecule has 2 aliphatic rings. The van der Waals surface area contributed by atoms with Crippen molar-refractivity contribution >= 4 is 44.3 Å². The number of nitrogens with zero attached hydrogens (tertiary/aromatic N) is 2. The predicted octanol–water partition coefficient (Wildman–Crippen LogP) is 4.55. The van der Waals surface area contributed by atoms with Crippen molar-refractivity contribution in [3.63, 3.8) is 0 Å². The quantitative estimate of drug-likeness (QED) is 0.433. The summed E-state index contributed by atoms with van der Waals surface area (Å²) in [5.74, 6) is -0.608. The Morgan fingerprint density at radius 3 is 2.53 bits per heavy atom. The fourth-order valence-electron chi connectivity index (χ4n) is 5.66. The van der Waals surface area contributed by atoms with Crippen LogP contribution in [0.3, 0.4) is 0 Å². The first kappa shape index (κ1) is 26.1. The van der Waals surface area contributed by atoms with Crippen LogP contribution in [0.25, 0.3) is 22.6 Å². The van der Waals surface area contributed by atoms with Crippen LogP contribution in [0.2, 0.25) is 0 Å². The monoisotopic (exact) mass is 532 g/mol. The Morgan fingerprint density at radius 1 is 1.08 bits per heavy atom. The third-order valence-electron chi connectivity index (χ3n) is 7.40. The molecular weight excluding hydrogens is 500 g/mol. The van der Waals surface area contributed by atoms with Gasteiger partial charge in [-0.15, -0.1) is 0 Å². The van der Waals surface area contributed by atoms with Crippen LogP contribution >= 0.6 is 0 Å². The number of para-hydroxylation sites is 1. The standard InChI is InChI=1S/C30H32N2O5S/c1-3-32(23-13-14-38(35,36)19-23)27(33)18-37-30(34)28-24-11-7-8-12-26(24)31-29-22(15-20(2)16-25(28)29)17-21-9-5-4-6-10-21/h4-12,17,20,23H,3,13-16,18-19H2,1-2H3/b22-17+/t20-,23-/m0/s1. The van der Waals surface area contributed by atoms with Crippen LogP contribution in [0.15, 0.2) is 54.6 Å². The minimum absolute atomic E-state index is 0.0442. The second-order valence-corrected chi connectivity index (χ2v) is 12.5. The minimum atomic E-state index is -3.14. The summed E-state index contributed by atoms with van der Waals surface area (Å²) in [5, 5.41) is 0.700. The van der Waals surface area contributed by atoms with Gasteiger partial charge in [0.1, 0.15) is 0 Å². The highest BCUT2D eigenvalue weighted by molar-refractivity contribution is 7.91. The van der Waals surface area contributed by atoms with Crippen LogP contribution in [0.1, 0.15) is 53.9 Å². The predicted molar refractivity (Wildman–Crippen MR) is 148 cm³/mol. The number of ether oxygens (including phenoxy) is 1. The van der Waals surface area contributed by atoms with Crippen molar-refractivity contribution in [2.75, 3.05) is 24.7 Å². The van der Waals surface area contributed by atoms with Crippen LogP contribution in [-0.4, -0.2) is 60.9 Å². The summed E-state index contributed by atoms with van der Waals surface area (Å²) in [4.78, 5) is 33.1. The van der Waals surface area contributed by atoms with E-state index >= 15 is 0 Å². The van der Waals surface area contributed by atoms with Gasteiger partial charge in [0.2, 0.25) is 0 Å². The van der Waals surface area contributed by atoms with Gasteiger partial charge in [0, 0.05) is 18.0 Å². The Bertz CT molecular complexity index is 1510. The molecule has 3 aromatic rings. The van der Waals surface area contributed by atoms with E-state index < -0.39 is 22.4 Å². The van der Waals surface area contributed by atoms with E-state index in [0.717, 1.165) is 28.8 Å². The van der Waals surface area contributed by atoms with Crippen LogP contribution in [-0.2, 0) is 25.8 Å². The van der Waals surface area contributed by atoms with Gasteiger partial charge in [0.05, 0.1) is 28.3 Å². The van der Waals surface area contributed by atoms with Gasteiger partial charge in [-0.25, -0.2) is 18.2 Å². The van der Waals surface area contributed by atoms with Gasteiger partial charge in [-0.05, 0) is 60.9 Å². The lowest BCUT2D eigenvalue weighted by Gasteiger charge is -2.28. The number of carbonyl (C=O) groups is 2. The molecule has 0 unspecified atom stereocenters. The SMILES string of the molecule is CCN(C(=O)COC(=O)c1c2c(nc3ccccc13)/C(=C/c1ccccc1)C[C@H](C)C2)[C@H]1CCS(=O)(=O)C1. The molecule has 5 rings (SSSR count). The first-order valence-corrected chi connectivity index (χ1v) is 14.9. The number of rotatable bonds is 6. The summed E-state index contributed by atoms with van der Waals surface area (Å²) < 4.78 is 29.5. The topological polar surface area (TPSA) is 93.6 Å². The molecule has 0 spiro atoms. The van der Waals surface area contributed by atoms with E-state index in [2.05, 4.69) is 13.0 Å². The van der Waals surface area contributed by atoms with Crippen LogP contribution < -0.4 is 0 Å². The first-order chi connectivity index (χ1) is 18.3. The van der Waals surface area contributed by atoms with E-state index in [1.165, 1.54) is 4.90 Å². The fraction of sp³-hybridized carbons (Fsp3) is 0.367. The molecule has 1 saturated heterocycles. The number of sulfone groups is 1. The third-order valence-corrected chi connectivity index (χ3v) is 9.15. The number of fused-ring (bicyclic) bond motifs is 2. The Morgan fingerprint density at radius 2 is 1.82 bits per heavy atom. The first-order valence-electron chi connectivity index (χ1n) is 13.1. The van der Waals surface area contributed by atoms with Gasteiger partial charge >= 0.3 is 5.97 Å². The lowest BCUT2D eigenvalue weighted by atomic mass is 9.80. The van der Waals surface area contributed by atoms with E-state index in [0.29, 0.717) is 41.8 Å². The molecule has 198 valence electrons. The molecule has 0 bridgehead atoms. The molecule has 0 saturated carbocycles. The van der Waals surface area contributed by atoms with Crippen molar-refractivity contribution in [2.24, 2.45) is 5.92 Å². The lowest BCUT2D eigenvalue weighted by Crippen LogP contribution is -2.43. The zero-order valence-electron chi connectivity index (χ0n) is 21.7. The van der Waals surface area contributed by atoms with Crippen molar-refractivity contribution in [3.8, 4) is 0 Å². The minimum Gasteiger partial charge on any atom is -0.452 e. The molecule has 2 aromatic carbocycles. The zero-order valence-corrected chi connectivity index (χ0v) is 22.5. The van der Waals surface area contributed by atoms with Gasteiger partial charge in [0.25, 0.3) is 5.91 Å². The Labute approximate surface area is 223 Å². The third kappa shape index (κ3) is 5.36. The number of benzene rings is 2. The smallest absolute Gasteiger partial charge is 0.339 e. The normalized spacial score (nSPS) is 21.3. The van der Waals surface area contributed by atoms with Crippen LogP contribution in [0.4, 0.5) is 0 Å². The number of allylic oxidation sites excluding steroid dienone is 1. The average Bonchev–Trinajstić information content (AvgIpc) is 3.26. The number of hydrogen-bond donors (Lipinski definition) is 0. The molecule has 38 heavy (non-hydrogen) atoms. The van der Waals surface area contributed by atoms with Crippen LogP contribution in [0.5, 0.6) is 0 Å². The van der Waals surface area contributed by atoms with Crippen molar-refractivity contribution in [2.45, 2.75) is 39.2 Å². The highest BCUT2D eigenvalue weighted by Gasteiger charge is 2.35. The zero-order chi connectivity index (χ0) is 26.9. The molecule has 1 aromatic heterocycles. The Kier molecular flexibility index (Phi) is 7.34. The number of amides is 1. The van der Waals surface area contributed by atoms with Gasteiger partial charge in [-0.3, -0.25) is 4.79 Å². The lowest BCUT2D eigenvalue weighted by molar-refractivity contribution is -0.136. The summed E-state index contributed by atoms with van der Waals surface area (Å²) in [6.45, 7) is 3.88.